The maximum absolute atomic E-state index is 4.73. The Hall–Kier alpha value is -4.96. The van der Waals surface area contributed by atoms with E-state index in [2.05, 4.69) is 113 Å². The van der Waals surface area contributed by atoms with Crippen LogP contribution in [0.2, 0.25) is 0 Å². The molecule has 6 aromatic rings. The molecule has 0 atom stereocenters. The molecule has 0 spiro atoms. The van der Waals surface area contributed by atoms with Crippen LogP contribution in [0, 0.1) is 0 Å². The number of nitrogens with zero attached hydrogens (tertiary/aromatic N) is 3. The Morgan fingerprint density at radius 3 is 1.84 bits per heavy atom. The molecule has 4 aromatic carbocycles. The smallest absolute Gasteiger partial charge is 0.329 e. The Kier molecular flexibility index (Phi) is 4.62. The standard InChI is InChI=1S/C34H22BN3/c1-4-12-29-25(9-1)27-11-3-6-15-33(27)38-34-19-17-23(21-28(34)26-10-2-5-13-30(26)35(29)38)24-16-18-32(37-22-24)31-14-7-8-20-36-31/h1-22H. The third kappa shape index (κ3) is 3.10. The van der Waals surface area contributed by atoms with Gasteiger partial charge < -0.3 is 4.81 Å². The van der Waals surface area contributed by atoms with Crippen molar-refractivity contribution in [3.05, 3.63) is 134 Å². The van der Waals surface area contributed by atoms with Gasteiger partial charge in [-0.25, -0.2) is 0 Å². The number of hydrogen-bond donors (Lipinski definition) is 0. The number of fused-ring (bicyclic) bond motifs is 11. The maximum Gasteiger partial charge on any atom is 0.329 e. The van der Waals surface area contributed by atoms with Gasteiger partial charge in [-0.3, -0.25) is 9.97 Å². The van der Waals surface area contributed by atoms with Crippen LogP contribution in [0.25, 0.3) is 44.8 Å². The van der Waals surface area contributed by atoms with Crippen molar-refractivity contribution in [3.63, 3.8) is 0 Å². The minimum absolute atomic E-state index is 0.134. The molecule has 4 heterocycles. The average molecular weight is 483 g/mol. The zero-order valence-corrected chi connectivity index (χ0v) is 20.6. The SMILES string of the molecule is c1ccc(-c2ccc(-c3ccc4c(c3)-c3ccccc3B3c5ccccc5-c5ccccc5N34)cn2)nc1. The summed E-state index contributed by atoms with van der Waals surface area (Å²) in [7, 11) is 0. The highest BCUT2D eigenvalue weighted by Crippen LogP contribution is 2.46. The van der Waals surface area contributed by atoms with Crippen LogP contribution in [0.3, 0.4) is 0 Å². The molecular formula is C34H22BN3. The first kappa shape index (κ1) is 21.2. The summed E-state index contributed by atoms with van der Waals surface area (Å²) in [6.07, 6.45) is 3.76. The lowest BCUT2D eigenvalue weighted by molar-refractivity contribution is 1.25. The van der Waals surface area contributed by atoms with E-state index in [-0.39, 0.29) is 6.85 Å². The fraction of sp³-hybridized carbons (Fsp3) is 0. The fourth-order valence-electron chi connectivity index (χ4n) is 6.10. The van der Waals surface area contributed by atoms with Crippen molar-refractivity contribution in [3.8, 4) is 44.8 Å². The van der Waals surface area contributed by atoms with Gasteiger partial charge in [0.1, 0.15) is 0 Å². The van der Waals surface area contributed by atoms with Crippen LogP contribution in [0.4, 0.5) is 11.4 Å². The molecule has 0 bridgehead atoms. The predicted molar refractivity (Wildman–Crippen MR) is 157 cm³/mol. The van der Waals surface area contributed by atoms with Gasteiger partial charge in [0.25, 0.3) is 0 Å². The van der Waals surface area contributed by atoms with Crippen molar-refractivity contribution in [2.75, 3.05) is 4.81 Å². The molecule has 8 rings (SSSR count). The van der Waals surface area contributed by atoms with Crippen LogP contribution in [0.1, 0.15) is 0 Å². The Morgan fingerprint density at radius 2 is 1.11 bits per heavy atom. The van der Waals surface area contributed by atoms with Gasteiger partial charge >= 0.3 is 6.85 Å². The number of rotatable bonds is 2. The van der Waals surface area contributed by atoms with Crippen molar-refractivity contribution in [2.45, 2.75) is 0 Å². The fourth-order valence-corrected chi connectivity index (χ4v) is 6.10. The molecule has 2 aliphatic heterocycles. The largest absolute Gasteiger partial charge is 0.376 e. The molecule has 0 aliphatic carbocycles. The molecule has 3 nitrogen and oxygen atoms in total. The van der Waals surface area contributed by atoms with E-state index in [4.69, 9.17) is 4.98 Å². The van der Waals surface area contributed by atoms with Crippen molar-refractivity contribution < 1.29 is 0 Å². The van der Waals surface area contributed by atoms with Gasteiger partial charge in [-0.05, 0) is 64.0 Å². The number of aromatic nitrogens is 2. The first-order chi connectivity index (χ1) is 18.9. The number of pyridine rings is 2. The van der Waals surface area contributed by atoms with E-state index in [1.807, 2.05) is 24.4 Å². The monoisotopic (exact) mass is 483 g/mol. The van der Waals surface area contributed by atoms with Gasteiger partial charge in [0.15, 0.2) is 0 Å². The van der Waals surface area contributed by atoms with E-state index in [0.29, 0.717) is 0 Å². The molecule has 0 saturated heterocycles. The van der Waals surface area contributed by atoms with Crippen molar-refractivity contribution in [2.24, 2.45) is 0 Å². The van der Waals surface area contributed by atoms with Crippen LogP contribution in [0.5, 0.6) is 0 Å². The first-order valence-electron chi connectivity index (χ1n) is 13.0. The highest BCUT2D eigenvalue weighted by molar-refractivity contribution is 6.92. The molecule has 0 N–H and O–H groups in total. The van der Waals surface area contributed by atoms with E-state index >= 15 is 0 Å². The van der Waals surface area contributed by atoms with Crippen LogP contribution in [-0.2, 0) is 0 Å². The summed E-state index contributed by atoms with van der Waals surface area (Å²) in [5, 5.41) is 0. The zero-order chi connectivity index (χ0) is 25.1. The molecule has 176 valence electrons. The molecule has 0 amide bonds. The van der Waals surface area contributed by atoms with Crippen molar-refractivity contribution >= 4 is 29.1 Å². The lowest BCUT2D eigenvalue weighted by atomic mass is 9.43. The third-order valence-electron chi connectivity index (χ3n) is 7.79. The lowest BCUT2D eigenvalue weighted by Crippen LogP contribution is -2.59. The van der Waals surface area contributed by atoms with Gasteiger partial charge in [0, 0.05) is 40.5 Å². The first-order valence-corrected chi connectivity index (χ1v) is 13.0. The van der Waals surface area contributed by atoms with E-state index in [9.17, 15) is 0 Å². The maximum atomic E-state index is 4.73. The van der Waals surface area contributed by atoms with Gasteiger partial charge in [-0.1, -0.05) is 84.9 Å². The van der Waals surface area contributed by atoms with Crippen LogP contribution in [-0.4, -0.2) is 16.8 Å². The quantitative estimate of drug-likeness (QED) is 0.256. The average Bonchev–Trinajstić information content (AvgIpc) is 3.01. The normalized spacial score (nSPS) is 12.6. The summed E-state index contributed by atoms with van der Waals surface area (Å²) in [6, 6.07) is 43.4. The minimum atomic E-state index is 0.134. The summed E-state index contributed by atoms with van der Waals surface area (Å²) in [4.78, 5) is 11.7. The van der Waals surface area contributed by atoms with Gasteiger partial charge in [-0.15, -0.1) is 0 Å². The van der Waals surface area contributed by atoms with Gasteiger partial charge in [-0.2, -0.15) is 0 Å². The minimum Gasteiger partial charge on any atom is -0.376 e. The molecule has 0 radical (unpaired) electrons. The van der Waals surface area contributed by atoms with E-state index in [0.717, 1.165) is 22.5 Å². The topological polar surface area (TPSA) is 29.0 Å². The van der Waals surface area contributed by atoms with Crippen LogP contribution in [0.15, 0.2) is 134 Å². The molecular weight excluding hydrogens is 461 g/mol. The molecule has 38 heavy (non-hydrogen) atoms. The second-order valence-corrected chi connectivity index (χ2v) is 9.84. The Labute approximate surface area is 222 Å². The number of para-hydroxylation sites is 1. The summed E-state index contributed by atoms with van der Waals surface area (Å²) >= 11 is 0. The molecule has 0 fully saturated rings. The molecule has 0 saturated carbocycles. The second-order valence-electron chi connectivity index (χ2n) is 9.84. The summed E-state index contributed by atoms with van der Waals surface area (Å²) in [5.74, 6) is 0. The lowest BCUT2D eigenvalue weighted by Gasteiger charge is -2.43. The Bertz CT molecular complexity index is 1830. The molecule has 2 aromatic heterocycles. The van der Waals surface area contributed by atoms with E-state index in [1.54, 1.807) is 6.20 Å². The second kappa shape index (κ2) is 8.29. The molecule has 0 unspecified atom stereocenters. The van der Waals surface area contributed by atoms with E-state index < -0.39 is 0 Å². The van der Waals surface area contributed by atoms with Gasteiger partial charge in [0.05, 0.1) is 11.4 Å². The predicted octanol–water partition coefficient (Wildman–Crippen LogP) is 6.72. The van der Waals surface area contributed by atoms with Crippen LogP contribution < -0.4 is 15.7 Å². The zero-order valence-electron chi connectivity index (χ0n) is 20.6. The summed E-state index contributed by atoms with van der Waals surface area (Å²) in [6.45, 7) is 0.134. The highest BCUT2D eigenvalue weighted by Gasteiger charge is 2.41. The van der Waals surface area contributed by atoms with Crippen LogP contribution >= 0.6 is 0 Å². The van der Waals surface area contributed by atoms with Crippen molar-refractivity contribution in [1.82, 2.24) is 9.97 Å². The van der Waals surface area contributed by atoms with Gasteiger partial charge in [0.2, 0.25) is 0 Å². The molecule has 4 heteroatoms. The Balaban J connectivity index is 1.30. The Morgan fingerprint density at radius 1 is 0.474 bits per heavy atom. The highest BCUT2D eigenvalue weighted by atomic mass is 15.1. The van der Waals surface area contributed by atoms with Crippen molar-refractivity contribution in [1.29, 1.82) is 0 Å². The third-order valence-corrected chi connectivity index (χ3v) is 7.79. The number of anilines is 2. The summed E-state index contributed by atoms with van der Waals surface area (Å²) < 4.78 is 0. The molecule has 2 aliphatic rings. The number of hydrogen-bond acceptors (Lipinski definition) is 3. The summed E-state index contributed by atoms with van der Waals surface area (Å²) in [5.41, 5.74) is 14.3. The van der Waals surface area contributed by atoms with E-state index in [1.165, 1.54) is 44.6 Å². The number of benzene rings is 4.